The molecule has 1 rings (SSSR count). The van der Waals surface area contributed by atoms with Crippen LogP contribution in [0.25, 0.3) is 0 Å². The zero-order valence-corrected chi connectivity index (χ0v) is 5.98. The minimum Gasteiger partial charge on any atom is -0.384 e. The Bertz CT molecular complexity index is 235. The van der Waals surface area contributed by atoms with E-state index in [0.29, 0.717) is 11.4 Å². The second kappa shape index (κ2) is 2.64. The molecule has 0 bridgehead atoms. The minimum atomic E-state index is -0.442. The lowest BCUT2D eigenvalue weighted by Gasteiger charge is -1.99. The van der Waals surface area contributed by atoms with Crippen molar-refractivity contribution in [3.05, 3.63) is 23.8 Å². The van der Waals surface area contributed by atoms with Crippen molar-refractivity contribution in [3.8, 4) is 0 Å². The van der Waals surface area contributed by atoms with Crippen molar-refractivity contribution in [2.75, 3.05) is 12.4 Å². The second-order valence-corrected chi connectivity index (χ2v) is 2.04. The molecule has 0 fully saturated rings. The van der Waals surface area contributed by atoms with Gasteiger partial charge in [-0.3, -0.25) is 0 Å². The Hall–Kier alpha value is -1.12. The molecule has 3 heteroatoms. The van der Waals surface area contributed by atoms with Crippen molar-refractivity contribution in [1.29, 1.82) is 0 Å². The maximum Gasteiger partial charge on any atom is 0.236 e. The van der Waals surface area contributed by atoms with Gasteiger partial charge >= 0.3 is 0 Å². The van der Waals surface area contributed by atoms with Crippen molar-refractivity contribution in [3.63, 3.8) is 0 Å². The number of hydrogen-bond acceptors (Lipinski definition) is 2. The third kappa shape index (κ3) is 1.23. The highest BCUT2D eigenvalue weighted by atomic mass is 19.1. The van der Waals surface area contributed by atoms with E-state index >= 15 is 0 Å². The van der Waals surface area contributed by atoms with E-state index in [1.54, 1.807) is 26.1 Å². The van der Waals surface area contributed by atoms with Crippen LogP contribution in [0.15, 0.2) is 12.1 Å². The number of hydrogen-bond donors (Lipinski definition) is 1. The summed E-state index contributed by atoms with van der Waals surface area (Å²) in [5.41, 5.74) is 1.13. The average Bonchev–Trinajstić information content (AvgIpc) is 1.88. The standard InChI is InChI=1S/C7H9FN2/c1-5-3-4-6(9-2)7(8)10-5/h3-4,9H,1-2H3. The van der Waals surface area contributed by atoms with Crippen LogP contribution in [0.5, 0.6) is 0 Å². The summed E-state index contributed by atoms with van der Waals surface area (Å²) in [5.74, 6) is -0.442. The van der Waals surface area contributed by atoms with Gasteiger partial charge in [0.2, 0.25) is 5.95 Å². The smallest absolute Gasteiger partial charge is 0.236 e. The number of anilines is 1. The first-order valence-electron chi connectivity index (χ1n) is 3.05. The SMILES string of the molecule is CNc1ccc(C)nc1F. The third-order valence-corrected chi connectivity index (χ3v) is 1.26. The normalized spacial score (nSPS) is 9.50. The van der Waals surface area contributed by atoms with Crippen LogP contribution in [0, 0.1) is 12.9 Å². The Balaban J connectivity index is 3.07. The first-order valence-corrected chi connectivity index (χ1v) is 3.05. The summed E-state index contributed by atoms with van der Waals surface area (Å²) in [7, 11) is 1.66. The molecule has 1 aromatic rings. The molecule has 0 radical (unpaired) electrons. The Labute approximate surface area is 59.1 Å². The summed E-state index contributed by atoms with van der Waals surface area (Å²) >= 11 is 0. The van der Waals surface area contributed by atoms with E-state index in [1.165, 1.54) is 0 Å². The fraction of sp³-hybridized carbons (Fsp3) is 0.286. The lowest BCUT2D eigenvalue weighted by Crippen LogP contribution is -1.95. The molecule has 54 valence electrons. The lowest BCUT2D eigenvalue weighted by atomic mass is 10.3. The number of rotatable bonds is 1. The van der Waals surface area contributed by atoms with Crippen molar-refractivity contribution in [1.82, 2.24) is 4.98 Å². The van der Waals surface area contributed by atoms with E-state index in [4.69, 9.17) is 0 Å². The number of halogens is 1. The first kappa shape index (κ1) is 6.99. The molecule has 0 unspecified atom stereocenters. The Morgan fingerprint density at radius 2 is 2.20 bits per heavy atom. The van der Waals surface area contributed by atoms with Gasteiger partial charge in [0.05, 0.1) is 5.69 Å². The van der Waals surface area contributed by atoms with E-state index in [9.17, 15) is 4.39 Å². The zero-order valence-electron chi connectivity index (χ0n) is 5.98. The average molecular weight is 140 g/mol. The molecule has 10 heavy (non-hydrogen) atoms. The van der Waals surface area contributed by atoms with Gasteiger partial charge in [-0.1, -0.05) is 0 Å². The van der Waals surface area contributed by atoms with Gasteiger partial charge in [-0.2, -0.15) is 4.39 Å². The largest absolute Gasteiger partial charge is 0.384 e. The van der Waals surface area contributed by atoms with Gasteiger partial charge in [0.15, 0.2) is 0 Å². The summed E-state index contributed by atoms with van der Waals surface area (Å²) in [5, 5.41) is 2.68. The summed E-state index contributed by atoms with van der Waals surface area (Å²) in [6, 6.07) is 3.42. The fourth-order valence-electron chi connectivity index (χ4n) is 0.712. The molecule has 0 aliphatic carbocycles. The van der Waals surface area contributed by atoms with Gasteiger partial charge < -0.3 is 5.32 Å². The van der Waals surface area contributed by atoms with Crippen LogP contribution in [0.2, 0.25) is 0 Å². The molecule has 0 atom stereocenters. The van der Waals surface area contributed by atoms with Crippen LogP contribution in [0.1, 0.15) is 5.69 Å². The van der Waals surface area contributed by atoms with Gasteiger partial charge in [0.25, 0.3) is 0 Å². The molecule has 0 aromatic carbocycles. The van der Waals surface area contributed by atoms with E-state index in [0.717, 1.165) is 0 Å². The summed E-state index contributed by atoms with van der Waals surface area (Å²) in [6.45, 7) is 1.75. The van der Waals surface area contributed by atoms with Crippen LogP contribution in [0.4, 0.5) is 10.1 Å². The molecule has 1 heterocycles. The maximum absolute atomic E-state index is 12.7. The molecular formula is C7H9FN2. The number of nitrogens with zero attached hydrogens (tertiary/aromatic N) is 1. The molecule has 0 aliphatic heterocycles. The number of aromatic nitrogens is 1. The van der Waals surface area contributed by atoms with Crippen molar-refractivity contribution in [2.24, 2.45) is 0 Å². The third-order valence-electron chi connectivity index (χ3n) is 1.26. The molecular weight excluding hydrogens is 131 g/mol. The Morgan fingerprint density at radius 3 is 2.70 bits per heavy atom. The molecule has 0 spiro atoms. The monoisotopic (exact) mass is 140 g/mol. The van der Waals surface area contributed by atoms with E-state index in [2.05, 4.69) is 10.3 Å². The van der Waals surface area contributed by atoms with Gasteiger partial charge in [0, 0.05) is 12.7 Å². The Morgan fingerprint density at radius 1 is 1.50 bits per heavy atom. The predicted octanol–water partition coefficient (Wildman–Crippen LogP) is 1.57. The van der Waals surface area contributed by atoms with Crippen molar-refractivity contribution < 1.29 is 4.39 Å². The van der Waals surface area contributed by atoms with E-state index in [-0.39, 0.29) is 0 Å². The highest BCUT2D eigenvalue weighted by Gasteiger charge is 1.98. The van der Waals surface area contributed by atoms with Crippen LogP contribution in [-0.4, -0.2) is 12.0 Å². The number of nitrogens with one attached hydrogen (secondary N) is 1. The molecule has 2 nitrogen and oxygen atoms in total. The van der Waals surface area contributed by atoms with Gasteiger partial charge in [-0.15, -0.1) is 0 Å². The highest BCUT2D eigenvalue weighted by Crippen LogP contribution is 2.09. The predicted molar refractivity (Wildman–Crippen MR) is 38.5 cm³/mol. The van der Waals surface area contributed by atoms with Gasteiger partial charge in [-0.05, 0) is 19.1 Å². The number of aryl methyl sites for hydroxylation is 1. The summed E-state index contributed by atoms with van der Waals surface area (Å²) in [6.07, 6.45) is 0. The topological polar surface area (TPSA) is 24.9 Å². The van der Waals surface area contributed by atoms with Crippen LogP contribution >= 0.6 is 0 Å². The molecule has 0 saturated carbocycles. The quantitative estimate of drug-likeness (QED) is 0.599. The summed E-state index contributed by atoms with van der Waals surface area (Å²) in [4.78, 5) is 3.62. The number of pyridine rings is 1. The second-order valence-electron chi connectivity index (χ2n) is 2.04. The van der Waals surface area contributed by atoms with Gasteiger partial charge in [-0.25, -0.2) is 4.98 Å². The highest BCUT2D eigenvalue weighted by molar-refractivity contribution is 5.41. The van der Waals surface area contributed by atoms with Crippen LogP contribution in [-0.2, 0) is 0 Å². The Kier molecular flexibility index (Phi) is 1.85. The van der Waals surface area contributed by atoms with Crippen LogP contribution < -0.4 is 5.32 Å². The molecule has 0 saturated heterocycles. The molecule has 0 aliphatic rings. The molecule has 1 aromatic heterocycles. The molecule has 1 N–H and O–H groups in total. The molecule has 0 amide bonds. The van der Waals surface area contributed by atoms with Crippen molar-refractivity contribution >= 4 is 5.69 Å². The van der Waals surface area contributed by atoms with E-state index in [1.807, 2.05) is 0 Å². The lowest BCUT2D eigenvalue weighted by molar-refractivity contribution is 0.584. The maximum atomic E-state index is 12.7. The van der Waals surface area contributed by atoms with E-state index < -0.39 is 5.95 Å². The minimum absolute atomic E-state index is 0.436. The van der Waals surface area contributed by atoms with Crippen LogP contribution in [0.3, 0.4) is 0 Å². The summed E-state index contributed by atoms with van der Waals surface area (Å²) < 4.78 is 12.7. The zero-order chi connectivity index (χ0) is 7.56. The van der Waals surface area contributed by atoms with Crippen molar-refractivity contribution in [2.45, 2.75) is 6.92 Å². The fourth-order valence-corrected chi connectivity index (χ4v) is 0.712. The first-order chi connectivity index (χ1) is 4.74. The van der Waals surface area contributed by atoms with Gasteiger partial charge in [0.1, 0.15) is 0 Å².